The summed E-state index contributed by atoms with van der Waals surface area (Å²) in [4.78, 5) is 16.2. The van der Waals surface area contributed by atoms with Crippen LogP contribution in [-0.2, 0) is 11.2 Å². The fourth-order valence-corrected chi connectivity index (χ4v) is 3.20. The number of hydrogen-bond donors (Lipinski definition) is 2. The highest BCUT2D eigenvalue weighted by atomic mass is 16.3. The molecule has 1 heterocycles. The second-order valence-corrected chi connectivity index (χ2v) is 6.31. The van der Waals surface area contributed by atoms with Gasteiger partial charge in [-0.15, -0.1) is 0 Å². The molecule has 0 spiro atoms. The zero-order valence-corrected chi connectivity index (χ0v) is 12.8. The summed E-state index contributed by atoms with van der Waals surface area (Å²) in [5, 5.41) is 12.8. The summed E-state index contributed by atoms with van der Waals surface area (Å²) in [5.41, 5.74) is 0.638. The third kappa shape index (κ3) is 4.53. The lowest BCUT2D eigenvalue weighted by Crippen LogP contribution is -2.54. The van der Waals surface area contributed by atoms with Gasteiger partial charge in [-0.3, -0.25) is 9.78 Å². The van der Waals surface area contributed by atoms with Crippen molar-refractivity contribution in [1.82, 2.24) is 10.3 Å². The lowest BCUT2D eigenvalue weighted by Gasteiger charge is -2.39. The summed E-state index contributed by atoms with van der Waals surface area (Å²) >= 11 is 0. The van der Waals surface area contributed by atoms with Crippen molar-refractivity contribution in [1.29, 1.82) is 0 Å². The van der Waals surface area contributed by atoms with Gasteiger partial charge >= 0.3 is 0 Å². The Morgan fingerprint density at radius 3 is 2.62 bits per heavy atom. The largest absolute Gasteiger partial charge is 0.394 e. The number of aliphatic hydroxyl groups is 1. The molecule has 1 aromatic rings. The summed E-state index contributed by atoms with van der Waals surface area (Å²) in [6, 6.07) is 3.86. The number of aryl methyl sites for hydroxylation is 1. The molecule has 1 fully saturated rings. The van der Waals surface area contributed by atoms with Gasteiger partial charge in [0.2, 0.25) is 5.91 Å². The van der Waals surface area contributed by atoms with Gasteiger partial charge in [-0.25, -0.2) is 0 Å². The maximum absolute atomic E-state index is 12.2. The second-order valence-electron chi connectivity index (χ2n) is 6.31. The average Bonchev–Trinajstić information content (AvgIpc) is 2.54. The van der Waals surface area contributed by atoms with Crippen molar-refractivity contribution in [2.24, 2.45) is 5.92 Å². The van der Waals surface area contributed by atoms with E-state index in [0.717, 1.165) is 18.4 Å². The van der Waals surface area contributed by atoms with Gasteiger partial charge in [0.1, 0.15) is 0 Å². The lowest BCUT2D eigenvalue weighted by atomic mass is 9.76. The van der Waals surface area contributed by atoms with Crippen molar-refractivity contribution in [2.45, 2.75) is 57.4 Å². The predicted octanol–water partition coefficient (Wildman–Crippen LogP) is 2.46. The number of carbonyl (C=O) groups excluding carboxylic acids is 1. The molecule has 1 aliphatic rings. The van der Waals surface area contributed by atoms with E-state index in [1.54, 1.807) is 12.4 Å². The maximum Gasteiger partial charge on any atom is 0.220 e. The highest BCUT2D eigenvalue weighted by molar-refractivity contribution is 5.77. The van der Waals surface area contributed by atoms with Crippen LogP contribution in [0.4, 0.5) is 0 Å². The zero-order chi connectivity index (χ0) is 15.1. The molecule has 0 saturated heterocycles. The topological polar surface area (TPSA) is 62.2 Å². The van der Waals surface area contributed by atoms with E-state index in [2.05, 4.69) is 10.3 Å². The normalized spacial score (nSPS) is 19.0. The Labute approximate surface area is 127 Å². The van der Waals surface area contributed by atoms with E-state index in [-0.39, 0.29) is 12.5 Å². The van der Waals surface area contributed by atoms with E-state index in [0.29, 0.717) is 18.8 Å². The number of rotatable bonds is 6. The maximum atomic E-state index is 12.2. The number of pyridine rings is 1. The van der Waals surface area contributed by atoms with E-state index < -0.39 is 5.54 Å². The Balaban J connectivity index is 1.86. The molecule has 0 bridgehead atoms. The van der Waals surface area contributed by atoms with Crippen molar-refractivity contribution >= 4 is 5.91 Å². The van der Waals surface area contributed by atoms with Crippen LogP contribution in [0.3, 0.4) is 0 Å². The van der Waals surface area contributed by atoms with E-state index in [9.17, 15) is 9.90 Å². The number of nitrogens with zero attached hydrogens (tertiary/aromatic N) is 1. The SMILES string of the molecule is C[C@@](CO)(NC(=O)CCc1ccncc1)C1CCCCC1. The lowest BCUT2D eigenvalue weighted by molar-refractivity contribution is -0.124. The molecule has 0 radical (unpaired) electrons. The molecule has 116 valence electrons. The molecule has 1 aromatic heterocycles. The van der Waals surface area contributed by atoms with E-state index in [4.69, 9.17) is 0 Å². The predicted molar refractivity (Wildman–Crippen MR) is 82.8 cm³/mol. The fourth-order valence-electron chi connectivity index (χ4n) is 3.20. The summed E-state index contributed by atoms with van der Waals surface area (Å²) in [6.45, 7) is 1.99. The molecule has 1 saturated carbocycles. The van der Waals surface area contributed by atoms with Crippen molar-refractivity contribution in [2.75, 3.05) is 6.61 Å². The van der Waals surface area contributed by atoms with Crippen LogP contribution in [0.25, 0.3) is 0 Å². The van der Waals surface area contributed by atoms with Crippen molar-refractivity contribution in [3.05, 3.63) is 30.1 Å². The van der Waals surface area contributed by atoms with E-state index >= 15 is 0 Å². The van der Waals surface area contributed by atoms with Gasteiger partial charge in [0.05, 0.1) is 12.1 Å². The van der Waals surface area contributed by atoms with Crippen LogP contribution in [0.5, 0.6) is 0 Å². The standard InChI is InChI=1S/C17H26N2O2/c1-17(13-20,15-5-3-2-4-6-15)19-16(21)8-7-14-9-11-18-12-10-14/h9-12,15,20H,2-8,13H2,1H3,(H,19,21)/t17-/m0/s1. The van der Waals surface area contributed by atoms with Gasteiger partial charge in [-0.05, 0) is 49.8 Å². The van der Waals surface area contributed by atoms with Crippen LogP contribution < -0.4 is 5.32 Å². The Morgan fingerprint density at radius 1 is 1.33 bits per heavy atom. The first-order chi connectivity index (χ1) is 10.1. The van der Waals surface area contributed by atoms with Crippen LogP contribution in [0, 0.1) is 5.92 Å². The number of hydrogen-bond acceptors (Lipinski definition) is 3. The molecule has 4 heteroatoms. The molecule has 21 heavy (non-hydrogen) atoms. The molecule has 4 nitrogen and oxygen atoms in total. The minimum atomic E-state index is -0.476. The first-order valence-electron chi connectivity index (χ1n) is 7.95. The third-order valence-electron chi connectivity index (χ3n) is 4.65. The first kappa shape index (κ1) is 16.0. The van der Waals surface area contributed by atoms with Gasteiger partial charge in [0.15, 0.2) is 0 Å². The summed E-state index contributed by atoms with van der Waals surface area (Å²) < 4.78 is 0. The summed E-state index contributed by atoms with van der Waals surface area (Å²) in [5.74, 6) is 0.412. The molecular formula is C17H26N2O2. The number of nitrogens with one attached hydrogen (secondary N) is 1. The zero-order valence-electron chi connectivity index (χ0n) is 12.8. The van der Waals surface area contributed by atoms with Crippen LogP contribution in [0.2, 0.25) is 0 Å². The van der Waals surface area contributed by atoms with Crippen LogP contribution in [0.1, 0.15) is 51.0 Å². The van der Waals surface area contributed by atoms with Gasteiger partial charge in [-0.2, -0.15) is 0 Å². The van der Waals surface area contributed by atoms with E-state index in [1.165, 1.54) is 19.3 Å². The van der Waals surface area contributed by atoms with Crippen molar-refractivity contribution < 1.29 is 9.90 Å². The van der Waals surface area contributed by atoms with E-state index in [1.807, 2.05) is 19.1 Å². The first-order valence-corrected chi connectivity index (χ1v) is 7.95. The monoisotopic (exact) mass is 290 g/mol. The molecule has 2 N–H and O–H groups in total. The molecule has 2 rings (SSSR count). The molecular weight excluding hydrogens is 264 g/mol. The molecule has 0 unspecified atom stereocenters. The minimum absolute atomic E-state index is 0.0126. The fraction of sp³-hybridized carbons (Fsp3) is 0.647. The molecule has 0 aliphatic heterocycles. The van der Waals surface area contributed by atoms with Crippen LogP contribution in [-0.4, -0.2) is 28.1 Å². The van der Waals surface area contributed by atoms with Gasteiger partial charge < -0.3 is 10.4 Å². The Kier molecular flexibility index (Phi) is 5.74. The number of aromatic nitrogens is 1. The highest BCUT2D eigenvalue weighted by Gasteiger charge is 2.35. The average molecular weight is 290 g/mol. The molecule has 1 atom stereocenters. The quantitative estimate of drug-likeness (QED) is 0.846. The summed E-state index contributed by atoms with van der Waals surface area (Å²) in [7, 11) is 0. The highest BCUT2D eigenvalue weighted by Crippen LogP contribution is 2.32. The van der Waals surface area contributed by atoms with Crippen LogP contribution >= 0.6 is 0 Å². The van der Waals surface area contributed by atoms with Gasteiger partial charge in [0.25, 0.3) is 0 Å². The van der Waals surface area contributed by atoms with Crippen LogP contribution in [0.15, 0.2) is 24.5 Å². The second kappa shape index (κ2) is 7.55. The molecule has 1 aliphatic carbocycles. The van der Waals surface area contributed by atoms with Crippen molar-refractivity contribution in [3.8, 4) is 0 Å². The minimum Gasteiger partial charge on any atom is -0.394 e. The number of amides is 1. The molecule has 0 aromatic carbocycles. The molecule has 1 amide bonds. The number of aliphatic hydroxyl groups excluding tert-OH is 1. The smallest absolute Gasteiger partial charge is 0.220 e. The summed E-state index contributed by atoms with van der Waals surface area (Å²) in [6.07, 6.45) is 10.5. The van der Waals surface area contributed by atoms with Crippen molar-refractivity contribution in [3.63, 3.8) is 0 Å². The Morgan fingerprint density at radius 2 is 2.00 bits per heavy atom. The number of carbonyl (C=O) groups is 1. The third-order valence-corrected chi connectivity index (χ3v) is 4.65. The van der Waals surface area contributed by atoms with Gasteiger partial charge in [-0.1, -0.05) is 19.3 Å². The Hall–Kier alpha value is -1.42. The van der Waals surface area contributed by atoms with Gasteiger partial charge in [0, 0.05) is 18.8 Å². The Bertz CT molecular complexity index is 443.